The Balaban J connectivity index is 1.41. The average Bonchev–Trinajstić information content (AvgIpc) is 3.48. The Bertz CT molecular complexity index is 1400. The van der Waals surface area contributed by atoms with Gasteiger partial charge in [-0.2, -0.15) is 0 Å². The highest BCUT2D eigenvalue weighted by atomic mass is 32.1. The molecular formula is C23H11NO3S2. The summed E-state index contributed by atoms with van der Waals surface area (Å²) in [4.78, 5) is 31.3. The van der Waals surface area contributed by atoms with Crippen LogP contribution in [-0.4, -0.2) is 16.6 Å². The zero-order valence-corrected chi connectivity index (χ0v) is 16.5. The largest absolute Gasteiger partial charge is 0.436 e. The lowest BCUT2D eigenvalue weighted by Crippen LogP contribution is -2.00. The summed E-state index contributed by atoms with van der Waals surface area (Å²) in [6, 6.07) is 17.2. The Kier molecular flexibility index (Phi) is 3.47. The molecule has 0 saturated carbocycles. The van der Waals surface area contributed by atoms with Gasteiger partial charge in [0.25, 0.3) is 0 Å². The van der Waals surface area contributed by atoms with E-state index in [0.717, 1.165) is 26.1 Å². The molecule has 0 fully saturated rings. The number of carbonyl (C=O) groups excluding carboxylic acids is 2. The van der Waals surface area contributed by atoms with Gasteiger partial charge in [-0.05, 0) is 40.4 Å². The van der Waals surface area contributed by atoms with Gasteiger partial charge in [-0.15, -0.1) is 22.7 Å². The quantitative estimate of drug-likeness (QED) is 0.254. The Labute approximate surface area is 172 Å². The van der Waals surface area contributed by atoms with Crippen molar-refractivity contribution in [1.82, 2.24) is 4.98 Å². The number of aromatic nitrogens is 1. The normalized spacial score (nSPS) is 13.6. The van der Waals surface area contributed by atoms with Gasteiger partial charge in [0.2, 0.25) is 5.71 Å². The Morgan fingerprint density at radius 2 is 1.62 bits per heavy atom. The fourth-order valence-electron chi connectivity index (χ4n) is 3.62. The number of nitrogens with zero attached hydrogens (tertiary/aromatic N) is 1. The first-order chi connectivity index (χ1) is 14.2. The van der Waals surface area contributed by atoms with E-state index >= 15 is 0 Å². The topological polar surface area (TPSA) is 60.2 Å². The molecule has 1 aliphatic carbocycles. The summed E-state index contributed by atoms with van der Waals surface area (Å²) in [5.41, 5.74) is 1.59. The number of rotatable bonds is 2. The summed E-state index contributed by atoms with van der Waals surface area (Å²) in [5, 5.41) is 4.47. The highest BCUT2D eigenvalue weighted by Crippen LogP contribution is 2.36. The number of benzene rings is 2. The van der Waals surface area contributed by atoms with Crippen LogP contribution in [0.25, 0.3) is 37.9 Å². The number of ketones is 2. The smallest absolute Gasteiger partial charge is 0.238 e. The first-order valence-corrected chi connectivity index (χ1v) is 10.7. The molecule has 0 amide bonds. The standard InChI is InChI=1S/C23H11NO3S2/c25-21-14-8-12-4-1-2-5-13(12)9-15(14)22(26)16(21)10-20-24-23-19(29-20)11-17(27-23)18-6-3-7-28-18/h1-11H. The lowest BCUT2D eigenvalue weighted by atomic mass is 10.0. The van der Waals surface area contributed by atoms with E-state index in [0.29, 0.717) is 21.8 Å². The second-order valence-corrected chi connectivity index (χ2v) is 8.78. The molecule has 2 aromatic carbocycles. The highest BCUT2D eigenvalue weighted by molar-refractivity contribution is 7.19. The van der Waals surface area contributed by atoms with Crippen molar-refractivity contribution in [2.45, 2.75) is 0 Å². The molecule has 0 saturated heterocycles. The first-order valence-electron chi connectivity index (χ1n) is 8.95. The summed E-state index contributed by atoms with van der Waals surface area (Å²) in [5.74, 6) is 0.281. The fraction of sp³-hybridized carbons (Fsp3) is 0. The van der Waals surface area contributed by atoms with Crippen LogP contribution >= 0.6 is 22.7 Å². The zero-order valence-electron chi connectivity index (χ0n) is 14.8. The number of hydrogen-bond acceptors (Lipinski definition) is 6. The molecule has 6 rings (SSSR count). The maximum absolute atomic E-state index is 12.9. The first kappa shape index (κ1) is 16.6. The SMILES string of the molecule is O=C1C(=Cc2nc3oc(-c4cccs4)cc3s2)C(=O)c2cc3ccccc3cc21. The molecule has 0 radical (unpaired) electrons. The summed E-state index contributed by atoms with van der Waals surface area (Å²) < 4.78 is 6.73. The van der Waals surface area contributed by atoms with E-state index in [2.05, 4.69) is 4.98 Å². The number of carbonyl (C=O) groups is 2. The lowest BCUT2D eigenvalue weighted by Gasteiger charge is -2.00. The van der Waals surface area contributed by atoms with E-state index in [1.165, 1.54) is 11.3 Å². The monoisotopic (exact) mass is 413 g/mol. The van der Waals surface area contributed by atoms with Gasteiger partial charge in [0.1, 0.15) is 10.8 Å². The second kappa shape index (κ2) is 6.07. The van der Waals surface area contributed by atoms with Crippen LogP contribution in [0.2, 0.25) is 0 Å². The number of hydrogen-bond donors (Lipinski definition) is 0. The average molecular weight is 413 g/mol. The van der Waals surface area contributed by atoms with Crippen molar-refractivity contribution in [3.63, 3.8) is 0 Å². The van der Waals surface area contributed by atoms with E-state index in [4.69, 9.17) is 4.42 Å². The van der Waals surface area contributed by atoms with Gasteiger partial charge < -0.3 is 4.42 Å². The molecule has 3 heterocycles. The van der Waals surface area contributed by atoms with E-state index < -0.39 is 0 Å². The molecule has 5 aromatic rings. The molecule has 6 heteroatoms. The third-order valence-corrected chi connectivity index (χ3v) is 6.82. The number of furan rings is 1. The number of Topliss-reactive ketones (excluding diaryl/α,β-unsaturated/α-hetero) is 2. The molecule has 1 aliphatic rings. The van der Waals surface area contributed by atoms with Crippen molar-refractivity contribution in [1.29, 1.82) is 0 Å². The van der Waals surface area contributed by atoms with Crippen molar-refractivity contribution < 1.29 is 14.0 Å². The van der Waals surface area contributed by atoms with E-state index in [-0.39, 0.29) is 17.1 Å². The van der Waals surface area contributed by atoms with Crippen LogP contribution in [0.3, 0.4) is 0 Å². The van der Waals surface area contributed by atoms with Crippen molar-refractivity contribution in [3.05, 3.63) is 81.7 Å². The van der Waals surface area contributed by atoms with Gasteiger partial charge >= 0.3 is 0 Å². The van der Waals surface area contributed by atoms with Gasteiger partial charge in [0.05, 0.1) is 15.2 Å². The van der Waals surface area contributed by atoms with Crippen LogP contribution in [0, 0.1) is 0 Å². The van der Waals surface area contributed by atoms with Crippen molar-refractivity contribution in [2.75, 3.05) is 0 Å². The van der Waals surface area contributed by atoms with Gasteiger partial charge in [0.15, 0.2) is 11.6 Å². The highest BCUT2D eigenvalue weighted by Gasteiger charge is 2.33. The van der Waals surface area contributed by atoms with Crippen molar-refractivity contribution in [3.8, 4) is 10.6 Å². The van der Waals surface area contributed by atoms with E-state index in [9.17, 15) is 9.59 Å². The third-order valence-electron chi connectivity index (χ3n) is 5.00. The number of thiazole rings is 1. The second-order valence-electron chi connectivity index (χ2n) is 6.77. The van der Waals surface area contributed by atoms with Gasteiger partial charge in [-0.25, -0.2) is 4.98 Å². The number of thiophene rings is 1. The molecule has 0 aliphatic heterocycles. The molecule has 0 spiro atoms. The van der Waals surface area contributed by atoms with Crippen molar-refractivity contribution >= 4 is 61.5 Å². The third kappa shape index (κ3) is 2.53. The lowest BCUT2D eigenvalue weighted by molar-refractivity contribution is 0.0990. The predicted octanol–water partition coefficient (Wildman–Crippen LogP) is 6.23. The maximum atomic E-state index is 12.9. The number of fused-ring (bicyclic) bond motifs is 3. The molecular weight excluding hydrogens is 402 g/mol. The van der Waals surface area contributed by atoms with E-state index in [1.807, 2.05) is 47.8 Å². The molecule has 4 nitrogen and oxygen atoms in total. The van der Waals surface area contributed by atoms with Gasteiger partial charge in [-0.3, -0.25) is 9.59 Å². The van der Waals surface area contributed by atoms with Crippen LogP contribution < -0.4 is 0 Å². The minimum atomic E-state index is -0.248. The molecule has 0 unspecified atom stereocenters. The summed E-state index contributed by atoms with van der Waals surface area (Å²) in [6.07, 6.45) is 1.58. The Morgan fingerprint density at radius 3 is 2.24 bits per heavy atom. The Hall–Kier alpha value is -3.35. The summed E-state index contributed by atoms with van der Waals surface area (Å²) >= 11 is 3.01. The minimum absolute atomic E-state index is 0.158. The van der Waals surface area contributed by atoms with Gasteiger partial charge in [-0.1, -0.05) is 30.3 Å². The summed E-state index contributed by atoms with van der Waals surface area (Å²) in [6.45, 7) is 0. The molecule has 0 bridgehead atoms. The van der Waals surface area contributed by atoms with Crippen LogP contribution in [0.15, 0.2) is 70.0 Å². The minimum Gasteiger partial charge on any atom is -0.436 e. The summed E-state index contributed by atoms with van der Waals surface area (Å²) in [7, 11) is 0. The molecule has 29 heavy (non-hydrogen) atoms. The van der Waals surface area contributed by atoms with E-state index in [1.54, 1.807) is 29.5 Å². The number of allylic oxidation sites excluding steroid dienone is 1. The van der Waals surface area contributed by atoms with Gasteiger partial charge in [0, 0.05) is 17.2 Å². The maximum Gasteiger partial charge on any atom is 0.238 e. The zero-order chi connectivity index (χ0) is 19.5. The fourth-order valence-corrected chi connectivity index (χ4v) is 5.17. The van der Waals surface area contributed by atoms with Crippen LogP contribution in [0.5, 0.6) is 0 Å². The van der Waals surface area contributed by atoms with Crippen LogP contribution in [-0.2, 0) is 0 Å². The molecule has 0 N–H and O–H groups in total. The molecule has 0 atom stereocenters. The van der Waals surface area contributed by atoms with Crippen LogP contribution in [0.4, 0.5) is 0 Å². The Morgan fingerprint density at radius 1 is 0.897 bits per heavy atom. The van der Waals surface area contributed by atoms with Crippen LogP contribution in [0.1, 0.15) is 25.7 Å². The van der Waals surface area contributed by atoms with Crippen molar-refractivity contribution in [2.24, 2.45) is 0 Å². The molecule has 138 valence electrons. The predicted molar refractivity (Wildman–Crippen MR) is 116 cm³/mol. The molecule has 3 aromatic heterocycles.